The van der Waals surface area contributed by atoms with E-state index in [0.29, 0.717) is 0 Å². The number of rotatable bonds is 3. The third-order valence-corrected chi connectivity index (χ3v) is 18.1. The van der Waals surface area contributed by atoms with Crippen LogP contribution in [0.2, 0.25) is 58.9 Å². The monoisotopic (exact) mass is 233 g/mol. The molecule has 1 nitrogen and oxygen atoms in total. The molecule has 79 valence electrons. The van der Waals surface area contributed by atoms with E-state index < -0.39 is 24.7 Å². The van der Waals surface area contributed by atoms with Crippen LogP contribution < -0.4 is 3.90 Å². The zero-order valence-corrected chi connectivity index (χ0v) is 13.9. The van der Waals surface area contributed by atoms with Crippen LogP contribution in [-0.2, 0) is 0 Å². The molecule has 0 aliphatic heterocycles. The van der Waals surface area contributed by atoms with Gasteiger partial charge >= 0.3 is 0 Å². The zero-order chi connectivity index (χ0) is 11.1. The molecule has 0 N–H and O–H groups in total. The highest BCUT2D eigenvalue weighted by Crippen LogP contribution is 2.23. The Labute approximate surface area is 87.8 Å². The lowest BCUT2D eigenvalue weighted by Crippen LogP contribution is -2.73. The Bertz CT molecular complexity index is 137. The highest BCUT2D eigenvalue weighted by atomic mass is 28.5. The van der Waals surface area contributed by atoms with Gasteiger partial charge in [-0.3, -0.25) is 0 Å². The molecule has 0 amide bonds. The third kappa shape index (κ3) is 4.10. The van der Waals surface area contributed by atoms with Gasteiger partial charge in [-0.25, -0.2) is 0 Å². The van der Waals surface area contributed by atoms with Crippen molar-refractivity contribution in [3.05, 3.63) is 0 Å². The van der Waals surface area contributed by atoms with Gasteiger partial charge in [0.2, 0.25) is 0 Å². The molecule has 0 saturated carbocycles. The first kappa shape index (κ1) is 13.6. The molecule has 13 heavy (non-hydrogen) atoms. The maximum absolute atomic E-state index is 2.98. The molecule has 1 radical (unpaired) electrons. The molecule has 0 aromatic heterocycles. The molecular formula is C9H27NSi3+. The molecule has 0 aromatic rings. The summed E-state index contributed by atoms with van der Waals surface area (Å²) >= 11 is 0. The van der Waals surface area contributed by atoms with Gasteiger partial charge < -0.3 is 3.90 Å². The van der Waals surface area contributed by atoms with E-state index in [1.54, 1.807) is 0 Å². The van der Waals surface area contributed by atoms with Crippen LogP contribution in [0, 0.1) is 0 Å². The fourth-order valence-corrected chi connectivity index (χ4v) is 27.2. The minimum absolute atomic E-state index is 1.10. The lowest BCUT2D eigenvalue weighted by molar-refractivity contribution is 1.08. The maximum Gasteiger partial charge on any atom is 0.283 e. The minimum Gasteiger partial charge on any atom is -0.389 e. The lowest BCUT2D eigenvalue weighted by atomic mass is 11.8. The minimum atomic E-state index is -1.10. The van der Waals surface area contributed by atoms with Crippen molar-refractivity contribution in [3.8, 4) is 0 Å². The molecule has 0 unspecified atom stereocenters. The van der Waals surface area contributed by atoms with Crippen molar-refractivity contribution in [3.63, 3.8) is 0 Å². The van der Waals surface area contributed by atoms with Gasteiger partial charge in [0.1, 0.15) is 0 Å². The molecule has 0 aromatic carbocycles. The van der Waals surface area contributed by atoms with Crippen LogP contribution in [-0.4, -0.2) is 24.7 Å². The topological polar surface area (TPSA) is 5.90 Å². The quantitative estimate of drug-likeness (QED) is 0.657. The highest BCUT2D eigenvalue weighted by Gasteiger charge is 2.51. The summed E-state index contributed by atoms with van der Waals surface area (Å²) in [7, 11) is -3.30. The van der Waals surface area contributed by atoms with Gasteiger partial charge in [0.05, 0.1) is 0 Å². The first-order valence-electron chi connectivity index (χ1n) is 5.17. The van der Waals surface area contributed by atoms with Gasteiger partial charge in [0, 0.05) is 0 Å². The summed E-state index contributed by atoms with van der Waals surface area (Å²) < 4.78 is 2.98. The largest absolute Gasteiger partial charge is 0.389 e. The molecule has 0 heterocycles. The molecule has 0 aliphatic carbocycles. The van der Waals surface area contributed by atoms with Crippen LogP contribution in [0.25, 0.3) is 0 Å². The van der Waals surface area contributed by atoms with Crippen molar-refractivity contribution < 1.29 is 0 Å². The molecular weight excluding hydrogens is 206 g/mol. The molecule has 0 fully saturated rings. The van der Waals surface area contributed by atoms with E-state index in [1.807, 2.05) is 0 Å². The van der Waals surface area contributed by atoms with Crippen molar-refractivity contribution in [1.29, 1.82) is 0 Å². The molecule has 0 atom stereocenters. The second-order valence-corrected chi connectivity index (χ2v) is 22.6. The van der Waals surface area contributed by atoms with Gasteiger partial charge in [0.15, 0.2) is 0 Å². The second kappa shape index (κ2) is 3.64. The summed E-state index contributed by atoms with van der Waals surface area (Å²) in [5.41, 5.74) is 0. The van der Waals surface area contributed by atoms with Crippen LogP contribution >= 0.6 is 0 Å². The van der Waals surface area contributed by atoms with Crippen LogP contribution in [0.4, 0.5) is 0 Å². The third-order valence-electron chi connectivity index (χ3n) is 2.01. The van der Waals surface area contributed by atoms with Gasteiger partial charge in [-0.2, -0.15) is 0 Å². The summed E-state index contributed by atoms with van der Waals surface area (Å²) in [4.78, 5) is 0. The van der Waals surface area contributed by atoms with E-state index in [0.717, 1.165) is 0 Å². The van der Waals surface area contributed by atoms with E-state index in [1.165, 1.54) is 0 Å². The van der Waals surface area contributed by atoms with Gasteiger partial charge in [-0.1, -0.05) is 0 Å². The predicted molar refractivity (Wildman–Crippen MR) is 72.2 cm³/mol. The number of hydrogen-bond acceptors (Lipinski definition) is 1. The van der Waals surface area contributed by atoms with Crippen molar-refractivity contribution in [2.75, 3.05) is 0 Å². The summed E-state index contributed by atoms with van der Waals surface area (Å²) in [6.45, 7) is 22.4. The fraction of sp³-hybridized carbons (Fsp3) is 1.00. The number of nitrogens with zero attached hydrogens (tertiary/aromatic N) is 1. The van der Waals surface area contributed by atoms with E-state index >= 15 is 0 Å². The Morgan fingerprint density at radius 2 is 0.615 bits per heavy atom. The van der Waals surface area contributed by atoms with E-state index in [2.05, 4.69) is 62.8 Å². The predicted octanol–water partition coefficient (Wildman–Crippen LogP) is 3.63. The SMILES string of the molecule is C[Si](C)(C)[N+]([Si](C)(C)C)[Si](C)(C)C. The van der Waals surface area contributed by atoms with Gasteiger partial charge in [-0.15, -0.1) is 0 Å². The molecule has 0 spiro atoms. The van der Waals surface area contributed by atoms with Crippen LogP contribution in [0.5, 0.6) is 0 Å². The van der Waals surface area contributed by atoms with Crippen molar-refractivity contribution in [2.45, 2.75) is 58.9 Å². The standard InChI is InChI=1S/C9H27NSi3/c1-11(2,3)10(12(4,5)6)13(7,8)9/h1-9H3/q+1. The van der Waals surface area contributed by atoms with Crippen LogP contribution in [0.3, 0.4) is 0 Å². The average Bonchev–Trinajstić information content (AvgIpc) is 1.44. The molecule has 0 rings (SSSR count). The molecule has 0 saturated heterocycles. The van der Waals surface area contributed by atoms with Crippen LogP contribution in [0.15, 0.2) is 0 Å². The molecule has 0 aliphatic rings. The Kier molecular flexibility index (Phi) is 3.81. The second-order valence-electron chi connectivity index (χ2n) is 6.85. The Balaban J connectivity index is 5.02. The van der Waals surface area contributed by atoms with Crippen molar-refractivity contribution in [1.82, 2.24) is 3.90 Å². The summed E-state index contributed by atoms with van der Waals surface area (Å²) in [6, 6.07) is 0. The van der Waals surface area contributed by atoms with Gasteiger partial charge in [-0.05, 0) is 58.9 Å². The summed E-state index contributed by atoms with van der Waals surface area (Å²) in [5, 5.41) is 0. The Morgan fingerprint density at radius 1 is 0.462 bits per heavy atom. The molecule has 0 bridgehead atoms. The van der Waals surface area contributed by atoms with Crippen molar-refractivity contribution >= 4 is 24.7 Å². The maximum atomic E-state index is 2.98. The van der Waals surface area contributed by atoms with E-state index in [9.17, 15) is 0 Å². The van der Waals surface area contributed by atoms with Gasteiger partial charge in [0.25, 0.3) is 24.7 Å². The first-order valence-corrected chi connectivity index (χ1v) is 15.5. The van der Waals surface area contributed by atoms with E-state index in [-0.39, 0.29) is 0 Å². The fourth-order valence-electron chi connectivity index (χ4n) is 3.02. The number of hydrogen-bond donors (Lipinski definition) is 0. The Hall–Kier alpha value is 0.611. The normalized spacial score (nSPS) is 15.2. The smallest absolute Gasteiger partial charge is 0.283 e. The lowest BCUT2D eigenvalue weighted by Gasteiger charge is -2.43. The average molecular weight is 234 g/mol. The summed E-state index contributed by atoms with van der Waals surface area (Å²) in [5.74, 6) is 0. The Morgan fingerprint density at radius 3 is 0.615 bits per heavy atom. The van der Waals surface area contributed by atoms with Crippen LogP contribution in [0.1, 0.15) is 0 Å². The highest BCUT2D eigenvalue weighted by molar-refractivity contribution is 7.06. The first-order chi connectivity index (χ1) is 5.37. The summed E-state index contributed by atoms with van der Waals surface area (Å²) in [6.07, 6.45) is 0. The molecule has 4 heteroatoms. The zero-order valence-electron chi connectivity index (χ0n) is 10.9. The van der Waals surface area contributed by atoms with E-state index in [4.69, 9.17) is 0 Å². The van der Waals surface area contributed by atoms with Crippen molar-refractivity contribution in [2.24, 2.45) is 0 Å².